The molecule has 4 aromatic rings. The Morgan fingerprint density at radius 2 is 1.76 bits per heavy atom. The number of carboxylic acid groups (broad SMARTS) is 1. The molecule has 0 aliphatic rings. The first kappa shape index (κ1) is 21.9. The number of halogens is 3. The third-order valence-corrected chi connectivity index (χ3v) is 4.94. The van der Waals surface area contributed by atoms with Crippen molar-refractivity contribution in [1.82, 2.24) is 14.8 Å². The molecule has 0 atom stereocenters. The van der Waals surface area contributed by atoms with E-state index in [2.05, 4.69) is 15.4 Å². The predicted molar refractivity (Wildman–Crippen MR) is 117 cm³/mol. The largest absolute Gasteiger partial charge is 0.476 e. The molecular formula is C22H14ClF2N5O3. The molecule has 0 fully saturated rings. The summed E-state index contributed by atoms with van der Waals surface area (Å²) in [6, 6.07) is 14.4. The predicted octanol–water partition coefficient (Wildman–Crippen LogP) is 4.40. The van der Waals surface area contributed by atoms with Crippen LogP contribution >= 0.6 is 11.6 Å². The molecule has 0 unspecified atom stereocenters. The lowest BCUT2D eigenvalue weighted by Crippen LogP contribution is -2.16. The van der Waals surface area contributed by atoms with Crippen molar-refractivity contribution in [3.63, 3.8) is 0 Å². The smallest absolute Gasteiger partial charge is 0.356 e. The van der Waals surface area contributed by atoms with Gasteiger partial charge in [-0.05, 0) is 24.3 Å². The fourth-order valence-electron chi connectivity index (χ4n) is 3.05. The van der Waals surface area contributed by atoms with Crippen molar-refractivity contribution >= 4 is 35.1 Å². The molecule has 4 rings (SSSR count). The highest BCUT2D eigenvalue weighted by Gasteiger charge is 2.20. The van der Waals surface area contributed by atoms with Gasteiger partial charge in [0.25, 0.3) is 5.91 Å². The van der Waals surface area contributed by atoms with Crippen molar-refractivity contribution in [3.05, 3.63) is 88.6 Å². The van der Waals surface area contributed by atoms with Gasteiger partial charge in [-0.1, -0.05) is 35.9 Å². The van der Waals surface area contributed by atoms with Gasteiger partial charge in [-0.15, -0.1) is 0 Å². The van der Waals surface area contributed by atoms with E-state index < -0.39 is 29.3 Å². The lowest BCUT2D eigenvalue weighted by Gasteiger charge is -2.11. The number of carbonyl (C=O) groups excluding carboxylic acids is 1. The number of anilines is 2. The zero-order valence-electron chi connectivity index (χ0n) is 16.6. The summed E-state index contributed by atoms with van der Waals surface area (Å²) in [5.41, 5.74) is 5.47. The summed E-state index contributed by atoms with van der Waals surface area (Å²) < 4.78 is 29.0. The van der Waals surface area contributed by atoms with Crippen molar-refractivity contribution in [1.29, 1.82) is 0 Å². The Labute approximate surface area is 190 Å². The third kappa shape index (κ3) is 4.37. The van der Waals surface area contributed by atoms with E-state index in [1.807, 2.05) is 0 Å². The monoisotopic (exact) mass is 469 g/mol. The summed E-state index contributed by atoms with van der Waals surface area (Å²) in [5.74, 6) is -4.40. The summed E-state index contributed by atoms with van der Waals surface area (Å²) in [5, 5.41) is 15.9. The Kier molecular flexibility index (Phi) is 5.76. The first-order valence-corrected chi connectivity index (χ1v) is 9.74. The molecule has 0 aliphatic heterocycles. The number of pyridine rings is 1. The zero-order chi connectivity index (χ0) is 23.7. The Morgan fingerprint density at radius 3 is 2.45 bits per heavy atom. The van der Waals surface area contributed by atoms with Gasteiger partial charge in [0, 0.05) is 17.7 Å². The number of carboxylic acids is 1. The van der Waals surface area contributed by atoms with E-state index >= 15 is 0 Å². The summed E-state index contributed by atoms with van der Waals surface area (Å²) in [4.78, 5) is 28.1. The van der Waals surface area contributed by atoms with E-state index in [0.717, 1.165) is 0 Å². The molecule has 0 bridgehead atoms. The van der Waals surface area contributed by atoms with Crippen LogP contribution in [0.3, 0.4) is 0 Å². The Hall–Kier alpha value is -4.31. The molecule has 2 aromatic heterocycles. The van der Waals surface area contributed by atoms with Crippen molar-refractivity contribution in [2.75, 3.05) is 11.1 Å². The second kappa shape index (κ2) is 8.67. The molecule has 33 heavy (non-hydrogen) atoms. The topological polar surface area (TPSA) is 123 Å². The lowest BCUT2D eigenvalue weighted by molar-refractivity contribution is 0.0689. The highest BCUT2D eigenvalue weighted by molar-refractivity contribution is 6.34. The number of benzene rings is 2. The maximum atomic E-state index is 14.3. The van der Waals surface area contributed by atoms with Gasteiger partial charge in [-0.25, -0.2) is 23.2 Å². The van der Waals surface area contributed by atoms with Crippen LogP contribution in [0.4, 0.5) is 20.4 Å². The van der Waals surface area contributed by atoms with Gasteiger partial charge in [0.05, 0.1) is 16.3 Å². The summed E-state index contributed by atoms with van der Waals surface area (Å²) >= 11 is 6.18. The summed E-state index contributed by atoms with van der Waals surface area (Å²) in [6.45, 7) is 0. The SMILES string of the molecule is Nc1nc(-c2ccc(Cl)c(C(=O)Nc3cc(C(=O)O)nn3-c3ccccc3)c2)c(F)cc1F. The minimum absolute atomic E-state index is 0.0379. The van der Waals surface area contributed by atoms with E-state index in [1.165, 1.54) is 28.9 Å². The second-order valence-electron chi connectivity index (χ2n) is 6.80. The van der Waals surface area contributed by atoms with E-state index in [1.54, 1.807) is 30.3 Å². The van der Waals surface area contributed by atoms with Crippen molar-refractivity contribution in [2.24, 2.45) is 0 Å². The second-order valence-corrected chi connectivity index (χ2v) is 7.21. The number of aromatic carboxylic acids is 1. The van der Waals surface area contributed by atoms with E-state index in [-0.39, 0.29) is 33.4 Å². The van der Waals surface area contributed by atoms with Crippen LogP contribution in [-0.4, -0.2) is 31.7 Å². The van der Waals surface area contributed by atoms with Crippen LogP contribution in [0.5, 0.6) is 0 Å². The summed E-state index contributed by atoms with van der Waals surface area (Å²) in [7, 11) is 0. The molecule has 0 saturated carbocycles. The Bertz CT molecular complexity index is 1390. The molecule has 4 N–H and O–H groups in total. The quantitative estimate of drug-likeness (QED) is 0.398. The van der Waals surface area contributed by atoms with Crippen molar-refractivity contribution < 1.29 is 23.5 Å². The Balaban J connectivity index is 1.73. The number of para-hydroxylation sites is 1. The molecule has 166 valence electrons. The molecule has 8 nitrogen and oxygen atoms in total. The van der Waals surface area contributed by atoms with Crippen LogP contribution in [0.25, 0.3) is 16.9 Å². The molecule has 1 amide bonds. The van der Waals surface area contributed by atoms with Gasteiger partial charge in [-0.3, -0.25) is 4.79 Å². The number of hydrogen-bond acceptors (Lipinski definition) is 5. The standard InChI is InChI=1S/C22H14ClF2N5O3/c23-14-7-6-11(19-15(24)9-16(25)20(26)28-19)8-13(14)21(31)27-18-10-17(22(32)33)29-30(18)12-4-2-1-3-5-12/h1-10H,(H2,26,28)(H,27,31)(H,32,33). The fraction of sp³-hybridized carbons (Fsp3) is 0. The van der Waals surface area contributed by atoms with Crippen LogP contribution in [0, 0.1) is 11.6 Å². The number of nitrogens with one attached hydrogen (secondary N) is 1. The number of nitrogens with two attached hydrogens (primary N) is 1. The van der Waals surface area contributed by atoms with Crippen molar-refractivity contribution in [2.45, 2.75) is 0 Å². The molecule has 0 saturated heterocycles. The number of hydrogen-bond donors (Lipinski definition) is 3. The number of nitrogens with zero attached hydrogens (tertiary/aromatic N) is 3. The number of amides is 1. The van der Waals surface area contributed by atoms with Gasteiger partial charge in [-0.2, -0.15) is 5.10 Å². The third-order valence-electron chi connectivity index (χ3n) is 4.61. The first-order valence-electron chi connectivity index (χ1n) is 9.36. The average Bonchev–Trinajstić information content (AvgIpc) is 3.21. The van der Waals surface area contributed by atoms with Crippen LogP contribution in [0.2, 0.25) is 5.02 Å². The highest BCUT2D eigenvalue weighted by atomic mass is 35.5. The minimum Gasteiger partial charge on any atom is -0.476 e. The molecule has 0 aliphatic carbocycles. The van der Waals surface area contributed by atoms with E-state index in [4.69, 9.17) is 17.3 Å². The number of nitrogen functional groups attached to an aromatic ring is 1. The normalized spacial score (nSPS) is 10.8. The average molecular weight is 470 g/mol. The number of carbonyl (C=O) groups is 2. The van der Waals surface area contributed by atoms with Crippen LogP contribution < -0.4 is 11.1 Å². The molecule has 0 spiro atoms. The molecule has 0 radical (unpaired) electrons. The van der Waals surface area contributed by atoms with Gasteiger partial charge in [0.2, 0.25) is 0 Å². The van der Waals surface area contributed by atoms with Crippen LogP contribution in [-0.2, 0) is 0 Å². The maximum Gasteiger partial charge on any atom is 0.356 e. The molecule has 11 heteroatoms. The Morgan fingerprint density at radius 1 is 1.03 bits per heavy atom. The number of aromatic nitrogens is 3. The van der Waals surface area contributed by atoms with E-state index in [0.29, 0.717) is 11.8 Å². The maximum absolute atomic E-state index is 14.3. The van der Waals surface area contributed by atoms with Gasteiger partial charge >= 0.3 is 5.97 Å². The van der Waals surface area contributed by atoms with Crippen LogP contribution in [0.15, 0.2) is 60.7 Å². The molecule has 2 aromatic carbocycles. The number of rotatable bonds is 5. The fourth-order valence-corrected chi connectivity index (χ4v) is 3.26. The van der Waals surface area contributed by atoms with Gasteiger partial charge < -0.3 is 16.2 Å². The van der Waals surface area contributed by atoms with Gasteiger partial charge in [0.15, 0.2) is 23.1 Å². The minimum atomic E-state index is -1.28. The first-order chi connectivity index (χ1) is 15.7. The summed E-state index contributed by atoms with van der Waals surface area (Å²) in [6.07, 6.45) is 0. The highest BCUT2D eigenvalue weighted by Crippen LogP contribution is 2.28. The zero-order valence-corrected chi connectivity index (χ0v) is 17.3. The van der Waals surface area contributed by atoms with E-state index in [9.17, 15) is 23.5 Å². The lowest BCUT2D eigenvalue weighted by atomic mass is 10.1. The van der Waals surface area contributed by atoms with Crippen molar-refractivity contribution in [3.8, 4) is 16.9 Å². The van der Waals surface area contributed by atoms with Gasteiger partial charge in [0.1, 0.15) is 11.5 Å². The van der Waals surface area contributed by atoms with Crippen LogP contribution in [0.1, 0.15) is 20.8 Å². The molecule has 2 heterocycles. The molecular weight excluding hydrogens is 456 g/mol.